The van der Waals surface area contributed by atoms with Gasteiger partial charge in [0.05, 0.1) is 5.69 Å². The van der Waals surface area contributed by atoms with Crippen molar-refractivity contribution >= 4 is 21.8 Å². The van der Waals surface area contributed by atoms with Crippen LogP contribution in [0.4, 0.5) is 0 Å². The van der Waals surface area contributed by atoms with Gasteiger partial charge in [-0.15, -0.1) is 0 Å². The highest BCUT2D eigenvalue weighted by Gasteiger charge is 2.30. The Kier molecular flexibility index (Phi) is 2.58. The zero-order chi connectivity index (χ0) is 11.2. The van der Waals surface area contributed by atoms with Gasteiger partial charge in [0, 0.05) is 31.0 Å². The Labute approximate surface area is 97.4 Å². The molecule has 2 rings (SSSR count). The zero-order valence-corrected chi connectivity index (χ0v) is 10.7. The summed E-state index contributed by atoms with van der Waals surface area (Å²) in [5, 5.41) is 4.31. The van der Waals surface area contributed by atoms with Gasteiger partial charge >= 0.3 is 0 Å². The average Bonchev–Trinajstić information content (AvgIpc) is 2.42. The lowest BCUT2D eigenvalue weighted by molar-refractivity contribution is 0.0789. The molecule has 1 aliphatic heterocycles. The molecule has 82 valence electrons. The summed E-state index contributed by atoms with van der Waals surface area (Å²) in [6, 6.07) is 0. The highest BCUT2D eigenvalue weighted by molar-refractivity contribution is 9.09. The molecule has 0 N–H and O–H groups in total. The number of hydrogen-bond acceptors (Lipinski definition) is 2. The van der Waals surface area contributed by atoms with Crippen LogP contribution in [0.25, 0.3) is 0 Å². The summed E-state index contributed by atoms with van der Waals surface area (Å²) < 4.78 is 1.68. The Balaban J connectivity index is 2.62. The first kappa shape index (κ1) is 10.7. The number of nitrogens with zero attached hydrogens (tertiary/aromatic N) is 3. The number of carbonyl (C=O) groups excluding carboxylic acids is 1. The van der Waals surface area contributed by atoms with E-state index in [0.717, 1.165) is 29.9 Å². The van der Waals surface area contributed by atoms with E-state index in [-0.39, 0.29) is 10.7 Å². The maximum absolute atomic E-state index is 12.1. The number of fused-ring (bicyclic) bond motifs is 1. The van der Waals surface area contributed by atoms with Crippen LogP contribution in [0.2, 0.25) is 0 Å². The molecular weight excluding hydrogens is 258 g/mol. The van der Waals surface area contributed by atoms with Gasteiger partial charge in [-0.1, -0.05) is 15.9 Å². The van der Waals surface area contributed by atoms with Gasteiger partial charge in [-0.25, -0.2) is 0 Å². The molecule has 0 saturated carbocycles. The molecule has 0 aromatic carbocycles. The topological polar surface area (TPSA) is 38.1 Å². The van der Waals surface area contributed by atoms with E-state index < -0.39 is 0 Å². The highest BCUT2D eigenvalue weighted by Crippen LogP contribution is 2.34. The molecular formula is C10H14BrN3O. The van der Waals surface area contributed by atoms with Crippen molar-refractivity contribution in [2.75, 3.05) is 13.6 Å². The van der Waals surface area contributed by atoms with Gasteiger partial charge in [-0.3, -0.25) is 9.48 Å². The van der Waals surface area contributed by atoms with E-state index in [4.69, 9.17) is 0 Å². The van der Waals surface area contributed by atoms with Crippen LogP contribution in [0.3, 0.4) is 0 Å². The maximum atomic E-state index is 12.1. The third-order valence-corrected chi connectivity index (χ3v) is 3.76. The monoisotopic (exact) mass is 271 g/mol. The lowest BCUT2D eigenvalue weighted by Gasteiger charge is -2.13. The van der Waals surface area contributed by atoms with Crippen LogP contribution in [0, 0.1) is 6.92 Å². The predicted molar refractivity (Wildman–Crippen MR) is 61.2 cm³/mol. The van der Waals surface area contributed by atoms with E-state index in [9.17, 15) is 4.79 Å². The van der Waals surface area contributed by atoms with Gasteiger partial charge in [0.25, 0.3) is 5.91 Å². The molecule has 1 amide bonds. The van der Waals surface area contributed by atoms with Crippen molar-refractivity contribution in [3.8, 4) is 0 Å². The van der Waals surface area contributed by atoms with E-state index in [1.807, 2.05) is 21.0 Å². The molecule has 0 saturated heterocycles. The SMILES string of the molecule is Cc1nn(C)c2c1C(Br)CCN(C)C2=O. The first-order chi connectivity index (χ1) is 7.02. The molecule has 0 radical (unpaired) electrons. The second kappa shape index (κ2) is 3.63. The van der Waals surface area contributed by atoms with Crippen molar-refractivity contribution in [3.63, 3.8) is 0 Å². The van der Waals surface area contributed by atoms with E-state index in [1.165, 1.54) is 0 Å². The standard InChI is InChI=1S/C10H14BrN3O/c1-6-8-7(11)4-5-13(2)10(15)9(8)14(3)12-6/h7H,4-5H2,1-3H3. The molecule has 4 nitrogen and oxygen atoms in total. The first-order valence-electron chi connectivity index (χ1n) is 4.95. The number of aromatic nitrogens is 2. The van der Waals surface area contributed by atoms with Crippen LogP contribution in [-0.2, 0) is 7.05 Å². The molecule has 0 bridgehead atoms. The Morgan fingerprint density at radius 2 is 2.13 bits per heavy atom. The van der Waals surface area contributed by atoms with Crippen molar-refractivity contribution in [1.82, 2.24) is 14.7 Å². The number of carbonyl (C=O) groups is 1. The number of halogens is 1. The fourth-order valence-corrected chi connectivity index (χ4v) is 2.79. The minimum absolute atomic E-state index is 0.0649. The molecule has 1 unspecified atom stereocenters. The quantitative estimate of drug-likeness (QED) is 0.673. The Bertz CT molecular complexity index is 413. The summed E-state index contributed by atoms with van der Waals surface area (Å²) in [4.78, 5) is 14.0. The molecule has 5 heteroatoms. The molecule has 0 spiro atoms. The lowest BCUT2D eigenvalue weighted by atomic mass is 10.1. The number of alkyl halides is 1. The van der Waals surface area contributed by atoms with Gasteiger partial charge in [-0.2, -0.15) is 5.10 Å². The zero-order valence-electron chi connectivity index (χ0n) is 9.12. The number of aryl methyl sites for hydroxylation is 2. The molecule has 1 atom stereocenters. The minimum atomic E-state index is 0.0649. The molecule has 1 aromatic heterocycles. The smallest absolute Gasteiger partial charge is 0.272 e. The van der Waals surface area contributed by atoms with Crippen LogP contribution >= 0.6 is 15.9 Å². The molecule has 0 fully saturated rings. The summed E-state index contributed by atoms with van der Waals surface area (Å²) in [5.74, 6) is 0.0649. The van der Waals surface area contributed by atoms with Crippen LogP contribution in [0.15, 0.2) is 0 Å². The molecule has 2 heterocycles. The molecule has 1 aliphatic rings. The van der Waals surface area contributed by atoms with Crippen molar-refractivity contribution in [2.45, 2.75) is 18.2 Å². The fraction of sp³-hybridized carbons (Fsp3) is 0.600. The van der Waals surface area contributed by atoms with Crippen molar-refractivity contribution in [2.24, 2.45) is 7.05 Å². The minimum Gasteiger partial charge on any atom is -0.340 e. The van der Waals surface area contributed by atoms with Gasteiger partial charge in [-0.05, 0) is 13.3 Å². The highest BCUT2D eigenvalue weighted by atomic mass is 79.9. The summed E-state index contributed by atoms with van der Waals surface area (Å²) in [7, 11) is 3.65. The van der Waals surface area contributed by atoms with Crippen LogP contribution in [-0.4, -0.2) is 34.2 Å². The summed E-state index contributed by atoms with van der Waals surface area (Å²) in [6.45, 7) is 2.73. The predicted octanol–water partition coefficient (Wildman–Crippen LogP) is 1.64. The van der Waals surface area contributed by atoms with Gasteiger partial charge < -0.3 is 4.90 Å². The van der Waals surface area contributed by atoms with Crippen LogP contribution in [0.1, 0.15) is 33.0 Å². The van der Waals surface area contributed by atoms with Crippen LogP contribution < -0.4 is 0 Å². The van der Waals surface area contributed by atoms with Gasteiger partial charge in [0.1, 0.15) is 5.69 Å². The van der Waals surface area contributed by atoms with E-state index >= 15 is 0 Å². The normalized spacial score (nSPS) is 21.5. The van der Waals surface area contributed by atoms with Gasteiger partial charge in [0.2, 0.25) is 0 Å². The number of rotatable bonds is 0. The van der Waals surface area contributed by atoms with Crippen molar-refractivity contribution in [3.05, 3.63) is 17.0 Å². The van der Waals surface area contributed by atoms with Crippen LogP contribution in [0.5, 0.6) is 0 Å². The largest absolute Gasteiger partial charge is 0.340 e. The fourth-order valence-electron chi connectivity index (χ4n) is 2.04. The third kappa shape index (κ3) is 1.58. The maximum Gasteiger partial charge on any atom is 0.272 e. The average molecular weight is 272 g/mol. The summed E-state index contributed by atoms with van der Waals surface area (Å²) >= 11 is 3.62. The Morgan fingerprint density at radius 3 is 2.80 bits per heavy atom. The summed E-state index contributed by atoms with van der Waals surface area (Å²) in [6.07, 6.45) is 0.932. The lowest BCUT2D eigenvalue weighted by Crippen LogP contribution is -2.28. The Hall–Kier alpha value is -0.840. The second-order valence-corrected chi connectivity index (χ2v) is 5.06. The van der Waals surface area contributed by atoms with E-state index in [1.54, 1.807) is 9.58 Å². The van der Waals surface area contributed by atoms with Gasteiger partial charge in [0.15, 0.2) is 0 Å². The van der Waals surface area contributed by atoms with E-state index in [0.29, 0.717) is 0 Å². The Morgan fingerprint density at radius 1 is 1.47 bits per heavy atom. The molecule has 15 heavy (non-hydrogen) atoms. The second-order valence-electron chi connectivity index (χ2n) is 3.95. The van der Waals surface area contributed by atoms with E-state index in [2.05, 4.69) is 21.0 Å². The molecule has 1 aromatic rings. The molecule has 0 aliphatic carbocycles. The van der Waals surface area contributed by atoms with Crippen molar-refractivity contribution in [1.29, 1.82) is 0 Å². The number of amides is 1. The first-order valence-corrected chi connectivity index (χ1v) is 5.87. The third-order valence-electron chi connectivity index (χ3n) is 2.85. The number of hydrogen-bond donors (Lipinski definition) is 0. The summed E-state index contributed by atoms with van der Waals surface area (Å²) in [5.41, 5.74) is 2.71. The van der Waals surface area contributed by atoms with Crippen molar-refractivity contribution < 1.29 is 4.79 Å².